The molecule has 0 saturated carbocycles. The van der Waals surface area contributed by atoms with E-state index in [1.54, 1.807) is 0 Å². The van der Waals surface area contributed by atoms with Crippen LogP contribution in [0.1, 0.15) is 6.42 Å². The molecule has 3 rings (SSSR count). The normalized spacial score (nSPS) is 20.6. The number of nitrogens with zero attached hydrogens (tertiary/aromatic N) is 3. The third kappa shape index (κ3) is 1.89. The number of rotatable bonds is 2. The Balaban J connectivity index is 1.84. The lowest BCUT2D eigenvalue weighted by molar-refractivity contribution is 0.315. The van der Waals surface area contributed by atoms with Gasteiger partial charge in [-0.1, -0.05) is 0 Å². The highest BCUT2D eigenvalue weighted by Crippen LogP contribution is 2.25. The standard InChI is InChI=1S/C13H18N4/c1-16(2)12-5-6-17(9-12)11-4-3-10-8-14-15-13(10)7-11/h3-4,7-8,12H,5-6,9H2,1-2H3,(H,14,15). The molecule has 0 bridgehead atoms. The van der Waals surface area contributed by atoms with E-state index in [1.165, 1.54) is 17.5 Å². The quantitative estimate of drug-likeness (QED) is 0.853. The summed E-state index contributed by atoms with van der Waals surface area (Å²) in [5.74, 6) is 0. The van der Waals surface area contributed by atoms with Gasteiger partial charge in [0.25, 0.3) is 0 Å². The van der Waals surface area contributed by atoms with Crippen molar-refractivity contribution in [1.29, 1.82) is 0 Å². The lowest BCUT2D eigenvalue weighted by atomic mass is 10.2. The number of hydrogen-bond acceptors (Lipinski definition) is 3. The van der Waals surface area contributed by atoms with E-state index in [4.69, 9.17) is 0 Å². The summed E-state index contributed by atoms with van der Waals surface area (Å²) in [5.41, 5.74) is 2.42. The number of likely N-dealkylation sites (N-methyl/N-ethyl adjacent to an activating group) is 1. The van der Waals surface area contributed by atoms with Crippen LogP contribution in [0, 0.1) is 0 Å². The van der Waals surface area contributed by atoms with Crippen LogP contribution in [0.3, 0.4) is 0 Å². The second-order valence-corrected chi connectivity index (χ2v) is 4.99. The maximum Gasteiger partial charge on any atom is 0.0670 e. The molecule has 0 spiro atoms. The third-order valence-electron chi connectivity index (χ3n) is 3.68. The first-order valence-electron chi connectivity index (χ1n) is 6.08. The second kappa shape index (κ2) is 4.04. The molecule has 90 valence electrons. The van der Waals surface area contributed by atoms with E-state index in [-0.39, 0.29) is 0 Å². The number of aromatic amines is 1. The number of fused-ring (bicyclic) bond motifs is 1. The first-order valence-corrected chi connectivity index (χ1v) is 6.08. The number of nitrogens with one attached hydrogen (secondary N) is 1. The zero-order valence-electron chi connectivity index (χ0n) is 10.3. The Morgan fingerprint density at radius 1 is 1.41 bits per heavy atom. The predicted molar refractivity (Wildman–Crippen MR) is 70.4 cm³/mol. The maximum absolute atomic E-state index is 4.06. The molecule has 0 aliphatic carbocycles. The number of aromatic nitrogens is 2. The van der Waals surface area contributed by atoms with Gasteiger partial charge in [0.15, 0.2) is 0 Å². The summed E-state index contributed by atoms with van der Waals surface area (Å²) >= 11 is 0. The summed E-state index contributed by atoms with van der Waals surface area (Å²) in [6.45, 7) is 2.26. The van der Waals surface area contributed by atoms with Gasteiger partial charge in [-0.15, -0.1) is 0 Å². The van der Waals surface area contributed by atoms with Gasteiger partial charge < -0.3 is 9.80 Å². The van der Waals surface area contributed by atoms with Crippen molar-refractivity contribution in [3.05, 3.63) is 24.4 Å². The van der Waals surface area contributed by atoms with Gasteiger partial charge in [0.1, 0.15) is 0 Å². The highest BCUT2D eigenvalue weighted by Gasteiger charge is 2.24. The van der Waals surface area contributed by atoms with Crippen molar-refractivity contribution >= 4 is 16.6 Å². The van der Waals surface area contributed by atoms with Crippen LogP contribution in [0.25, 0.3) is 10.9 Å². The molecule has 1 unspecified atom stereocenters. The summed E-state index contributed by atoms with van der Waals surface area (Å²) in [7, 11) is 4.32. The van der Waals surface area contributed by atoms with Gasteiger partial charge in [-0.05, 0) is 38.7 Å². The van der Waals surface area contributed by atoms with E-state index in [9.17, 15) is 0 Å². The first-order chi connectivity index (χ1) is 8.24. The molecule has 1 saturated heterocycles. The van der Waals surface area contributed by atoms with E-state index < -0.39 is 0 Å². The molecule has 0 amide bonds. The van der Waals surface area contributed by atoms with Crippen molar-refractivity contribution in [3.8, 4) is 0 Å². The fraction of sp³-hybridized carbons (Fsp3) is 0.462. The van der Waals surface area contributed by atoms with E-state index in [2.05, 4.69) is 52.3 Å². The van der Waals surface area contributed by atoms with Crippen LogP contribution in [0.2, 0.25) is 0 Å². The fourth-order valence-electron chi connectivity index (χ4n) is 2.52. The molecule has 1 aromatic heterocycles. The summed E-state index contributed by atoms with van der Waals surface area (Å²) in [5, 5.41) is 8.27. The van der Waals surface area contributed by atoms with Crippen LogP contribution in [0.5, 0.6) is 0 Å². The maximum atomic E-state index is 4.06. The molecular formula is C13H18N4. The largest absolute Gasteiger partial charge is 0.370 e. The van der Waals surface area contributed by atoms with Gasteiger partial charge in [-0.3, -0.25) is 5.10 Å². The number of anilines is 1. The van der Waals surface area contributed by atoms with Crippen molar-refractivity contribution in [2.45, 2.75) is 12.5 Å². The lowest BCUT2D eigenvalue weighted by Crippen LogP contribution is -2.31. The van der Waals surface area contributed by atoms with Crippen LogP contribution in [-0.2, 0) is 0 Å². The Morgan fingerprint density at radius 2 is 2.29 bits per heavy atom. The van der Waals surface area contributed by atoms with Crippen molar-refractivity contribution in [2.75, 3.05) is 32.1 Å². The molecule has 4 heteroatoms. The van der Waals surface area contributed by atoms with Crippen molar-refractivity contribution in [2.24, 2.45) is 0 Å². The minimum Gasteiger partial charge on any atom is -0.370 e. The minimum absolute atomic E-state index is 0.674. The van der Waals surface area contributed by atoms with Crippen molar-refractivity contribution in [3.63, 3.8) is 0 Å². The number of hydrogen-bond donors (Lipinski definition) is 1. The van der Waals surface area contributed by atoms with Gasteiger partial charge >= 0.3 is 0 Å². The van der Waals surface area contributed by atoms with Crippen molar-refractivity contribution < 1.29 is 0 Å². The molecule has 1 aliphatic heterocycles. The molecule has 17 heavy (non-hydrogen) atoms. The summed E-state index contributed by atoms with van der Waals surface area (Å²) in [6, 6.07) is 7.19. The Labute approximate surface area is 101 Å². The van der Waals surface area contributed by atoms with Crippen LogP contribution >= 0.6 is 0 Å². The van der Waals surface area contributed by atoms with E-state index in [0.717, 1.165) is 18.6 Å². The molecule has 1 atom stereocenters. The van der Waals surface area contributed by atoms with Gasteiger partial charge in [0, 0.05) is 30.2 Å². The molecule has 1 aromatic carbocycles. The highest BCUT2D eigenvalue weighted by atomic mass is 15.2. The Hall–Kier alpha value is -1.55. The monoisotopic (exact) mass is 230 g/mol. The molecule has 2 heterocycles. The van der Waals surface area contributed by atoms with Gasteiger partial charge in [-0.2, -0.15) is 5.10 Å². The summed E-state index contributed by atoms with van der Waals surface area (Å²) < 4.78 is 0. The summed E-state index contributed by atoms with van der Waals surface area (Å²) in [4.78, 5) is 4.76. The van der Waals surface area contributed by atoms with E-state index >= 15 is 0 Å². The number of H-pyrrole nitrogens is 1. The molecule has 0 radical (unpaired) electrons. The fourth-order valence-corrected chi connectivity index (χ4v) is 2.52. The van der Waals surface area contributed by atoms with Gasteiger partial charge in [0.05, 0.1) is 11.7 Å². The minimum atomic E-state index is 0.674. The molecule has 2 aromatic rings. The smallest absolute Gasteiger partial charge is 0.0670 e. The van der Waals surface area contributed by atoms with Crippen LogP contribution in [-0.4, -0.2) is 48.3 Å². The zero-order valence-corrected chi connectivity index (χ0v) is 10.3. The average Bonchev–Trinajstić information content (AvgIpc) is 2.97. The predicted octanol–water partition coefficient (Wildman–Crippen LogP) is 1.70. The van der Waals surface area contributed by atoms with E-state index in [0.29, 0.717) is 6.04 Å². The van der Waals surface area contributed by atoms with E-state index in [1.807, 2.05) is 6.20 Å². The zero-order chi connectivity index (χ0) is 11.8. The topological polar surface area (TPSA) is 35.2 Å². The molecule has 4 nitrogen and oxygen atoms in total. The summed E-state index contributed by atoms with van der Waals surface area (Å²) in [6.07, 6.45) is 3.11. The average molecular weight is 230 g/mol. The Bertz CT molecular complexity index is 517. The molecule has 1 aliphatic rings. The van der Waals surface area contributed by atoms with Crippen LogP contribution < -0.4 is 4.90 Å². The van der Waals surface area contributed by atoms with Crippen LogP contribution in [0.15, 0.2) is 24.4 Å². The highest BCUT2D eigenvalue weighted by molar-refractivity contribution is 5.81. The lowest BCUT2D eigenvalue weighted by Gasteiger charge is -2.21. The number of benzene rings is 1. The Morgan fingerprint density at radius 3 is 3.06 bits per heavy atom. The molecule has 1 fully saturated rings. The molecular weight excluding hydrogens is 212 g/mol. The van der Waals surface area contributed by atoms with Crippen molar-refractivity contribution in [1.82, 2.24) is 15.1 Å². The second-order valence-electron chi connectivity index (χ2n) is 4.99. The van der Waals surface area contributed by atoms with Gasteiger partial charge in [0.2, 0.25) is 0 Å². The third-order valence-corrected chi connectivity index (χ3v) is 3.68. The SMILES string of the molecule is CN(C)C1CCN(c2ccc3cn[nH]c3c2)C1. The Kier molecular flexibility index (Phi) is 2.52. The first kappa shape index (κ1) is 10.6. The van der Waals surface area contributed by atoms with Gasteiger partial charge in [-0.25, -0.2) is 0 Å². The molecule has 1 N–H and O–H groups in total. The van der Waals surface area contributed by atoms with Crippen LogP contribution in [0.4, 0.5) is 5.69 Å².